The van der Waals surface area contributed by atoms with E-state index in [1.807, 2.05) is 0 Å². The van der Waals surface area contributed by atoms with Gasteiger partial charge in [-0.3, -0.25) is 9.59 Å². The number of urea groups is 1. The quantitative estimate of drug-likeness (QED) is 0.327. The van der Waals surface area contributed by atoms with Gasteiger partial charge in [-0.1, -0.05) is 6.42 Å². The molecule has 0 saturated carbocycles. The molecule has 0 aromatic rings. The molecule has 0 radical (unpaired) electrons. The zero-order valence-corrected chi connectivity index (χ0v) is 13.6. The normalized spacial score (nSPS) is 29.3. The van der Waals surface area contributed by atoms with Crippen LogP contribution in [0, 0.1) is 5.92 Å². The predicted octanol–water partition coefficient (Wildman–Crippen LogP) is 0.796. The first-order chi connectivity index (χ1) is 10.4. The largest absolute Gasteiger partial charge is 0.481 e. The van der Waals surface area contributed by atoms with E-state index in [9.17, 15) is 19.5 Å². The lowest BCUT2D eigenvalue weighted by Crippen LogP contribution is -2.36. The molecule has 2 aliphatic heterocycles. The molecule has 2 unspecified atom stereocenters. The van der Waals surface area contributed by atoms with Gasteiger partial charge in [-0.25, -0.2) is 4.79 Å². The first-order valence-electron chi connectivity index (χ1n) is 7.20. The molecule has 5 atom stereocenters. The summed E-state index contributed by atoms with van der Waals surface area (Å²) in [5.41, 5.74) is 0. The van der Waals surface area contributed by atoms with E-state index in [1.165, 1.54) is 0 Å². The van der Waals surface area contributed by atoms with Gasteiger partial charge in [0.2, 0.25) is 0 Å². The van der Waals surface area contributed by atoms with E-state index in [1.54, 1.807) is 11.8 Å². The molecule has 2 rings (SSSR count). The van der Waals surface area contributed by atoms with E-state index in [-0.39, 0.29) is 29.8 Å². The van der Waals surface area contributed by atoms with E-state index < -0.39 is 23.1 Å². The molecule has 0 spiro atoms. The van der Waals surface area contributed by atoms with Crippen molar-refractivity contribution in [3.05, 3.63) is 0 Å². The third kappa shape index (κ3) is 4.22. The van der Waals surface area contributed by atoms with Gasteiger partial charge in [0, 0.05) is 11.0 Å². The molecule has 4 N–H and O–H groups in total. The Balaban J connectivity index is 1.77. The van der Waals surface area contributed by atoms with Crippen LogP contribution in [0.15, 0.2) is 0 Å². The summed E-state index contributed by atoms with van der Waals surface area (Å²) in [4.78, 5) is 33.3. The Morgan fingerprint density at radius 3 is 2.68 bits per heavy atom. The average molecular weight is 348 g/mol. The van der Waals surface area contributed by atoms with Crippen molar-refractivity contribution in [3.8, 4) is 0 Å². The maximum absolute atomic E-state index is 11.3. The zero-order valence-electron chi connectivity index (χ0n) is 11.9. The fraction of sp³-hybridized carbons (Fsp3) is 0.769. The Morgan fingerprint density at radius 2 is 2.05 bits per heavy atom. The number of hydrogen-bond donors (Lipinski definition) is 5. The number of thiol groups is 1. The van der Waals surface area contributed by atoms with Crippen LogP contribution in [0.1, 0.15) is 25.7 Å². The predicted molar refractivity (Wildman–Crippen MR) is 85.5 cm³/mol. The Bertz CT molecular complexity index is 462. The van der Waals surface area contributed by atoms with E-state index in [2.05, 4.69) is 23.3 Å². The number of rotatable bonds is 8. The summed E-state index contributed by atoms with van der Waals surface area (Å²) >= 11 is 5.69. The van der Waals surface area contributed by atoms with Gasteiger partial charge in [-0.15, -0.1) is 0 Å². The van der Waals surface area contributed by atoms with Crippen LogP contribution in [-0.4, -0.2) is 56.5 Å². The fourth-order valence-electron chi connectivity index (χ4n) is 2.92. The number of carboxylic acids is 2. The number of carboxylic acid groups (broad SMARTS) is 2. The third-order valence-corrected chi connectivity index (χ3v) is 6.06. The van der Waals surface area contributed by atoms with Crippen LogP contribution < -0.4 is 10.6 Å². The van der Waals surface area contributed by atoms with Gasteiger partial charge in [0.1, 0.15) is 5.25 Å². The molecule has 2 amide bonds. The molecule has 9 heteroatoms. The number of thioether (sulfide) groups is 1. The molecule has 7 nitrogen and oxygen atoms in total. The van der Waals surface area contributed by atoms with Gasteiger partial charge in [-0.05, 0) is 19.3 Å². The SMILES string of the molecule is O=C1N[C@H]2[C@H](CS[C@H]2CCCC(CC(S)C(=O)O)C(=O)O)N1. The van der Waals surface area contributed by atoms with Crippen molar-refractivity contribution in [2.24, 2.45) is 5.92 Å². The Hall–Kier alpha value is -1.09. The molecule has 0 aromatic carbocycles. The lowest BCUT2D eigenvalue weighted by molar-refractivity contribution is -0.143. The topological polar surface area (TPSA) is 116 Å². The van der Waals surface area contributed by atoms with Crippen LogP contribution in [-0.2, 0) is 9.59 Å². The van der Waals surface area contributed by atoms with Crippen molar-refractivity contribution in [2.45, 2.75) is 48.3 Å². The zero-order chi connectivity index (χ0) is 16.3. The molecule has 0 bridgehead atoms. The number of aliphatic carboxylic acids is 2. The maximum Gasteiger partial charge on any atom is 0.316 e. The van der Waals surface area contributed by atoms with Crippen LogP contribution in [0.4, 0.5) is 4.79 Å². The number of nitrogens with one attached hydrogen (secondary N) is 2. The van der Waals surface area contributed by atoms with Gasteiger partial charge < -0.3 is 20.8 Å². The standard InChI is InChI=1S/C13H20N2O5S2/c16-11(17)6(4-8(21)12(18)19)2-1-3-9-10-7(5-22-9)14-13(20)15-10/h6-10,21H,1-5H2,(H,16,17)(H,18,19)(H2,14,15,20)/t6?,7-,8?,9-,10-/m0/s1. The highest BCUT2D eigenvalue weighted by Crippen LogP contribution is 2.33. The summed E-state index contributed by atoms with van der Waals surface area (Å²) in [6.07, 6.45) is 1.95. The number of carbonyl (C=O) groups is 3. The molecular weight excluding hydrogens is 328 g/mol. The van der Waals surface area contributed by atoms with Crippen molar-refractivity contribution in [1.29, 1.82) is 0 Å². The Labute approximate surface area is 138 Å². The van der Waals surface area contributed by atoms with E-state index >= 15 is 0 Å². The lowest BCUT2D eigenvalue weighted by Gasteiger charge is -2.18. The number of fused-ring (bicyclic) bond motifs is 1. The second kappa shape index (κ2) is 7.45. The van der Waals surface area contributed by atoms with Crippen molar-refractivity contribution in [3.63, 3.8) is 0 Å². The average Bonchev–Trinajstić information content (AvgIpc) is 2.97. The van der Waals surface area contributed by atoms with Crippen LogP contribution in [0.3, 0.4) is 0 Å². The van der Waals surface area contributed by atoms with Crippen LogP contribution >= 0.6 is 24.4 Å². The first-order valence-corrected chi connectivity index (χ1v) is 8.77. The van der Waals surface area contributed by atoms with E-state index in [0.717, 1.165) is 12.2 Å². The van der Waals surface area contributed by atoms with Crippen molar-refractivity contribution in [1.82, 2.24) is 10.6 Å². The highest BCUT2D eigenvalue weighted by Gasteiger charge is 2.42. The molecule has 0 aliphatic carbocycles. The summed E-state index contributed by atoms with van der Waals surface area (Å²) in [5.74, 6) is -1.90. The summed E-state index contributed by atoms with van der Waals surface area (Å²) in [6, 6.07) is 0.132. The Morgan fingerprint density at radius 1 is 1.32 bits per heavy atom. The van der Waals surface area contributed by atoms with Gasteiger partial charge in [0.05, 0.1) is 18.0 Å². The van der Waals surface area contributed by atoms with Gasteiger partial charge >= 0.3 is 18.0 Å². The van der Waals surface area contributed by atoms with Gasteiger partial charge in [0.15, 0.2) is 0 Å². The summed E-state index contributed by atoms with van der Waals surface area (Å²) in [5, 5.41) is 23.1. The number of carbonyl (C=O) groups excluding carboxylic acids is 1. The van der Waals surface area contributed by atoms with Crippen molar-refractivity contribution < 1.29 is 24.6 Å². The highest BCUT2D eigenvalue weighted by atomic mass is 32.2. The first kappa shape index (κ1) is 17.3. The smallest absolute Gasteiger partial charge is 0.316 e. The molecule has 124 valence electrons. The monoisotopic (exact) mass is 348 g/mol. The molecule has 2 heterocycles. The van der Waals surface area contributed by atoms with Crippen LogP contribution in [0.25, 0.3) is 0 Å². The Kier molecular flexibility index (Phi) is 5.85. The second-order valence-corrected chi connectivity index (χ2v) is 7.57. The minimum Gasteiger partial charge on any atom is -0.481 e. The molecular formula is C13H20N2O5S2. The van der Waals surface area contributed by atoms with Crippen molar-refractivity contribution in [2.75, 3.05) is 5.75 Å². The van der Waals surface area contributed by atoms with Gasteiger partial charge in [0.25, 0.3) is 0 Å². The lowest BCUT2D eigenvalue weighted by atomic mass is 9.94. The molecule has 2 fully saturated rings. The molecule has 22 heavy (non-hydrogen) atoms. The van der Waals surface area contributed by atoms with E-state index in [4.69, 9.17) is 5.11 Å². The van der Waals surface area contributed by atoms with Crippen LogP contribution in [0.2, 0.25) is 0 Å². The maximum atomic E-state index is 11.3. The molecule has 2 aliphatic rings. The molecule has 2 saturated heterocycles. The fourth-order valence-corrected chi connectivity index (χ4v) is 4.72. The van der Waals surface area contributed by atoms with Crippen molar-refractivity contribution >= 4 is 42.4 Å². The van der Waals surface area contributed by atoms with Crippen LogP contribution in [0.5, 0.6) is 0 Å². The number of amides is 2. The molecule has 0 aromatic heterocycles. The summed E-state index contributed by atoms with van der Waals surface area (Å²) < 4.78 is 0. The minimum absolute atomic E-state index is 0.0237. The summed E-state index contributed by atoms with van der Waals surface area (Å²) in [7, 11) is 0. The van der Waals surface area contributed by atoms with E-state index in [0.29, 0.717) is 12.8 Å². The third-order valence-electron chi connectivity index (χ3n) is 4.12. The highest BCUT2D eigenvalue weighted by molar-refractivity contribution is 8.00. The van der Waals surface area contributed by atoms with Gasteiger partial charge in [-0.2, -0.15) is 24.4 Å². The number of hydrogen-bond acceptors (Lipinski definition) is 5. The second-order valence-electron chi connectivity index (χ2n) is 5.68. The minimum atomic E-state index is -1.09. The summed E-state index contributed by atoms with van der Waals surface area (Å²) in [6.45, 7) is 0.